The minimum Gasteiger partial charge on any atom is -0.387 e. The predicted molar refractivity (Wildman–Crippen MR) is 79.4 cm³/mol. The average Bonchev–Trinajstić information content (AvgIpc) is 2.79. The highest BCUT2D eigenvalue weighted by Gasteiger charge is 2.25. The summed E-state index contributed by atoms with van der Waals surface area (Å²) < 4.78 is 40.9. The molecule has 2 rings (SSSR count). The third kappa shape index (κ3) is 3.64. The number of aromatic nitrogens is 2. The monoisotopic (exact) mass is 347 g/mol. The average molecular weight is 348 g/mol. The van der Waals surface area contributed by atoms with E-state index in [1.54, 1.807) is 7.05 Å². The molecule has 1 aromatic carbocycles. The number of aliphatic hydroxyl groups is 1. The first-order valence-corrected chi connectivity index (χ1v) is 8.21. The van der Waals surface area contributed by atoms with E-state index in [2.05, 4.69) is 9.71 Å². The number of nitrogens with zero attached hydrogens (tertiary/aromatic N) is 2. The maximum atomic E-state index is 12.9. The fraction of sp³-hybridized carbons (Fsp3) is 0.308. The van der Waals surface area contributed by atoms with Gasteiger partial charge in [-0.3, -0.25) is 0 Å². The van der Waals surface area contributed by atoms with Gasteiger partial charge in [0.2, 0.25) is 5.28 Å². The topological polar surface area (TPSA) is 84.2 Å². The number of hydrogen-bond acceptors (Lipinski definition) is 4. The Morgan fingerprint density at radius 3 is 2.45 bits per heavy atom. The van der Waals surface area contributed by atoms with Crippen LogP contribution in [-0.2, 0) is 17.1 Å². The second-order valence-electron chi connectivity index (χ2n) is 4.87. The van der Waals surface area contributed by atoms with Gasteiger partial charge < -0.3 is 9.67 Å². The third-order valence-corrected chi connectivity index (χ3v) is 4.88. The summed E-state index contributed by atoms with van der Waals surface area (Å²) in [6.07, 6.45) is 0.135. The van der Waals surface area contributed by atoms with Crippen molar-refractivity contribution in [3.8, 4) is 0 Å². The zero-order valence-corrected chi connectivity index (χ0v) is 13.4. The highest BCUT2D eigenvalue weighted by atomic mass is 35.5. The Balaban J connectivity index is 2.16. The van der Waals surface area contributed by atoms with Crippen molar-refractivity contribution < 1.29 is 17.9 Å². The van der Waals surface area contributed by atoms with Gasteiger partial charge in [-0.15, -0.1) is 0 Å². The SMILES string of the molecule is CC(NS(=O)(=O)c1cn(C)c(Cl)n1)C(O)c1ccc(F)cc1. The van der Waals surface area contributed by atoms with Crippen molar-refractivity contribution in [1.82, 2.24) is 14.3 Å². The lowest BCUT2D eigenvalue weighted by atomic mass is 10.0. The van der Waals surface area contributed by atoms with E-state index in [-0.39, 0.29) is 10.3 Å². The largest absolute Gasteiger partial charge is 0.387 e. The number of imidazole rings is 1. The third-order valence-electron chi connectivity index (χ3n) is 3.10. The number of hydrogen-bond donors (Lipinski definition) is 2. The lowest BCUT2D eigenvalue weighted by molar-refractivity contribution is 0.146. The van der Waals surface area contributed by atoms with E-state index in [9.17, 15) is 17.9 Å². The molecule has 0 aliphatic rings. The Morgan fingerprint density at radius 2 is 1.95 bits per heavy atom. The van der Waals surface area contributed by atoms with Crippen molar-refractivity contribution in [2.45, 2.75) is 24.1 Å². The molecule has 0 bridgehead atoms. The van der Waals surface area contributed by atoms with E-state index < -0.39 is 28.0 Å². The lowest BCUT2D eigenvalue weighted by Gasteiger charge is -2.20. The zero-order valence-electron chi connectivity index (χ0n) is 11.9. The van der Waals surface area contributed by atoms with Gasteiger partial charge in [-0.2, -0.15) is 0 Å². The van der Waals surface area contributed by atoms with E-state index in [1.807, 2.05) is 0 Å². The van der Waals surface area contributed by atoms with Gasteiger partial charge in [0.15, 0.2) is 5.03 Å². The molecule has 0 spiro atoms. The van der Waals surface area contributed by atoms with Gasteiger partial charge in [0.1, 0.15) is 5.82 Å². The van der Waals surface area contributed by atoms with Crippen LogP contribution < -0.4 is 4.72 Å². The molecule has 6 nitrogen and oxygen atoms in total. The van der Waals surface area contributed by atoms with Gasteiger partial charge in [0.25, 0.3) is 10.0 Å². The summed E-state index contributed by atoms with van der Waals surface area (Å²) in [5.74, 6) is -0.438. The summed E-state index contributed by atoms with van der Waals surface area (Å²) >= 11 is 5.72. The molecule has 9 heteroatoms. The van der Waals surface area contributed by atoms with Crippen LogP contribution in [-0.4, -0.2) is 29.1 Å². The predicted octanol–water partition coefficient (Wildman–Crippen LogP) is 1.61. The molecule has 2 N–H and O–H groups in total. The second-order valence-corrected chi connectivity index (χ2v) is 6.86. The summed E-state index contributed by atoms with van der Waals surface area (Å²) in [6, 6.07) is 4.33. The highest BCUT2D eigenvalue weighted by molar-refractivity contribution is 7.89. The number of rotatable bonds is 5. The Morgan fingerprint density at radius 1 is 1.36 bits per heavy atom. The molecule has 0 aliphatic heterocycles. The molecule has 0 aliphatic carbocycles. The maximum absolute atomic E-state index is 12.9. The molecule has 1 heterocycles. The van der Waals surface area contributed by atoms with Gasteiger partial charge in [0, 0.05) is 19.3 Å². The summed E-state index contributed by atoms with van der Waals surface area (Å²) in [5.41, 5.74) is 0.399. The molecule has 0 radical (unpaired) electrons. The van der Waals surface area contributed by atoms with Crippen molar-refractivity contribution in [3.05, 3.63) is 47.1 Å². The fourth-order valence-electron chi connectivity index (χ4n) is 1.87. The normalized spacial score (nSPS) is 14.8. The molecule has 1 aromatic heterocycles. The standard InChI is InChI=1S/C13H15ClFN3O3S/c1-8(12(19)9-3-5-10(15)6-4-9)17-22(20,21)11-7-18(2)13(14)16-11/h3-8,12,17,19H,1-2H3. The summed E-state index contributed by atoms with van der Waals surface area (Å²) in [4.78, 5) is 3.73. The van der Waals surface area contributed by atoms with Crippen molar-refractivity contribution >= 4 is 21.6 Å². The van der Waals surface area contributed by atoms with Crippen LogP contribution >= 0.6 is 11.6 Å². The summed E-state index contributed by atoms with van der Waals surface area (Å²) in [5, 5.41) is 9.95. The summed E-state index contributed by atoms with van der Waals surface area (Å²) in [7, 11) is -2.36. The molecule has 2 aromatic rings. The first-order chi connectivity index (χ1) is 10.2. The van der Waals surface area contributed by atoms with E-state index in [4.69, 9.17) is 11.6 Å². The van der Waals surface area contributed by atoms with Crippen molar-refractivity contribution in [1.29, 1.82) is 0 Å². The van der Waals surface area contributed by atoms with Gasteiger partial charge in [-0.25, -0.2) is 22.5 Å². The molecule has 22 heavy (non-hydrogen) atoms. The van der Waals surface area contributed by atoms with Crippen molar-refractivity contribution in [2.24, 2.45) is 7.05 Å². The van der Waals surface area contributed by atoms with Crippen LogP contribution in [0.3, 0.4) is 0 Å². The van der Waals surface area contributed by atoms with Crippen LogP contribution in [0.5, 0.6) is 0 Å². The van der Waals surface area contributed by atoms with Crippen molar-refractivity contribution in [2.75, 3.05) is 0 Å². The van der Waals surface area contributed by atoms with Gasteiger partial charge >= 0.3 is 0 Å². The second kappa shape index (κ2) is 6.33. The number of sulfonamides is 1. The molecule has 0 amide bonds. The molecular weight excluding hydrogens is 333 g/mol. The zero-order chi connectivity index (χ0) is 16.5. The Labute approximate surface area is 132 Å². The van der Waals surface area contributed by atoms with Crippen LogP contribution in [0.1, 0.15) is 18.6 Å². The Hall–Kier alpha value is -1.48. The Bertz CT molecular complexity index is 742. The van der Waals surface area contributed by atoms with E-state index in [1.165, 1.54) is 42.0 Å². The van der Waals surface area contributed by atoms with E-state index in [0.29, 0.717) is 5.56 Å². The Kier molecular flexibility index (Phi) is 4.86. The van der Waals surface area contributed by atoms with Gasteiger partial charge in [0.05, 0.1) is 6.10 Å². The van der Waals surface area contributed by atoms with E-state index >= 15 is 0 Å². The molecule has 120 valence electrons. The van der Waals surface area contributed by atoms with Crippen LogP contribution in [0.4, 0.5) is 4.39 Å². The van der Waals surface area contributed by atoms with E-state index in [0.717, 1.165) is 0 Å². The first-order valence-electron chi connectivity index (χ1n) is 6.35. The molecule has 2 unspecified atom stereocenters. The van der Waals surface area contributed by atoms with Gasteiger partial charge in [-0.05, 0) is 36.2 Å². The maximum Gasteiger partial charge on any atom is 0.259 e. The highest BCUT2D eigenvalue weighted by Crippen LogP contribution is 2.19. The molecule has 0 saturated carbocycles. The minimum atomic E-state index is -3.92. The molecule has 2 atom stereocenters. The van der Waals surface area contributed by atoms with Gasteiger partial charge in [-0.1, -0.05) is 12.1 Å². The summed E-state index contributed by atoms with van der Waals surface area (Å²) in [6.45, 7) is 1.50. The van der Waals surface area contributed by atoms with Crippen molar-refractivity contribution in [3.63, 3.8) is 0 Å². The molecule has 0 saturated heterocycles. The quantitative estimate of drug-likeness (QED) is 0.860. The first kappa shape index (κ1) is 16.9. The number of aliphatic hydroxyl groups excluding tert-OH is 1. The molecular formula is C13H15ClFN3O3S. The van der Waals surface area contributed by atoms with Crippen LogP contribution in [0.2, 0.25) is 5.28 Å². The minimum absolute atomic E-state index is 0.0344. The number of halogens is 2. The lowest BCUT2D eigenvalue weighted by Crippen LogP contribution is -2.37. The fourth-order valence-corrected chi connectivity index (χ4v) is 3.30. The van der Waals surface area contributed by atoms with Crippen LogP contribution in [0.15, 0.2) is 35.5 Å². The number of aryl methyl sites for hydroxylation is 1. The van der Waals surface area contributed by atoms with Crippen LogP contribution in [0.25, 0.3) is 0 Å². The number of nitrogens with one attached hydrogen (secondary N) is 1. The van der Waals surface area contributed by atoms with Crippen LogP contribution in [0, 0.1) is 5.82 Å². The number of benzene rings is 1. The molecule has 0 fully saturated rings. The smallest absolute Gasteiger partial charge is 0.259 e.